The van der Waals surface area contributed by atoms with Crippen LogP contribution in [0.25, 0.3) is 0 Å². The molecule has 0 aromatic heterocycles. The van der Waals surface area contributed by atoms with Crippen LogP contribution in [0.4, 0.5) is 0 Å². The Morgan fingerprint density at radius 2 is 1.81 bits per heavy atom. The van der Waals surface area contributed by atoms with Crippen LogP contribution in [-0.4, -0.2) is 37.2 Å². The SMILES string of the molecule is CC(C)CC1CCCCC1N1CCOCC1. The lowest BCUT2D eigenvalue weighted by atomic mass is 9.79. The molecule has 2 nitrogen and oxygen atoms in total. The largest absolute Gasteiger partial charge is 0.379 e. The Labute approximate surface area is 100 Å². The second kappa shape index (κ2) is 6.02. The van der Waals surface area contributed by atoms with Crippen molar-refractivity contribution < 1.29 is 4.74 Å². The van der Waals surface area contributed by atoms with Crippen LogP contribution in [0.2, 0.25) is 0 Å². The van der Waals surface area contributed by atoms with E-state index in [1.165, 1.54) is 45.2 Å². The number of nitrogens with zero attached hydrogens (tertiary/aromatic N) is 1. The second-order valence-electron chi connectivity index (χ2n) is 5.89. The van der Waals surface area contributed by atoms with Crippen LogP contribution >= 0.6 is 0 Å². The van der Waals surface area contributed by atoms with Gasteiger partial charge in [-0.3, -0.25) is 4.90 Å². The van der Waals surface area contributed by atoms with Crippen LogP contribution < -0.4 is 0 Å². The van der Waals surface area contributed by atoms with E-state index in [-0.39, 0.29) is 0 Å². The summed E-state index contributed by atoms with van der Waals surface area (Å²) in [5, 5.41) is 0. The Morgan fingerprint density at radius 3 is 2.50 bits per heavy atom. The van der Waals surface area contributed by atoms with Crippen molar-refractivity contribution in [1.29, 1.82) is 0 Å². The Morgan fingerprint density at radius 1 is 1.12 bits per heavy atom. The lowest BCUT2D eigenvalue weighted by Gasteiger charge is -2.42. The quantitative estimate of drug-likeness (QED) is 0.732. The van der Waals surface area contributed by atoms with E-state index in [2.05, 4.69) is 18.7 Å². The Hall–Kier alpha value is -0.0800. The minimum atomic E-state index is 0.853. The van der Waals surface area contributed by atoms with Crippen LogP contribution in [0.15, 0.2) is 0 Å². The fourth-order valence-corrected chi connectivity index (χ4v) is 3.46. The van der Waals surface area contributed by atoms with E-state index in [0.717, 1.165) is 31.1 Å². The highest BCUT2D eigenvalue weighted by Gasteiger charge is 2.31. The van der Waals surface area contributed by atoms with Crippen molar-refractivity contribution in [2.75, 3.05) is 26.3 Å². The molecule has 0 aromatic rings. The number of morpholine rings is 1. The Kier molecular flexibility index (Phi) is 4.66. The smallest absolute Gasteiger partial charge is 0.0594 e. The molecule has 2 fully saturated rings. The fourth-order valence-electron chi connectivity index (χ4n) is 3.46. The molecule has 16 heavy (non-hydrogen) atoms. The van der Waals surface area contributed by atoms with Crippen molar-refractivity contribution in [1.82, 2.24) is 4.90 Å². The lowest BCUT2D eigenvalue weighted by molar-refractivity contribution is -0.0103. The maximum atomic E-state index is 5.47. The predicted molar refractivity (Wildman–Crippen MR) is 67.6 cm³/mol. The zero-order valence-electron chi connectivity index (χ0n) is 11.0. The molecule has 2 aliphatic rings. The number of ether oxygens (including phenoxy) is 1. The highest BCUT2D eigenvalue weighted by Crippen LogP contribution is 2.33. The van der Waals surface area contributed by atoms with Crippen molar-refractivity contribution in [2.24, 2.45) is 11.8 Å². The first-order chi connectivity index (χ1) is 7.77. The average Bonchev–Trinajstić information content (AvgIpc) is 2.30. The number of hydrogen-bond acceptors (Lipinski definition) is 2. The maximum absolute atomic E-state index is 5.47. The van der Waals surface area contributed by atoms with Crippen LogP contribution in [-0.2, 0) is 4.74 Å². The average molecular weight is 225 g/mol. The van der Waals surface area contributed by atoms with E-state index < -0.39 is 0 Å². The van der Waals surface area contributed by atoms with Gasteiger partial charge in [0, 0.05) is 19.1 Å². The molecule has 0 spiro atoms. The first-order valence-corrected chi connectivity index (χ1v) is 7.09. The molecular weight excluding hydrogens is 198 g/mol. The zero-order chi connectivity index (χ0) is 11.4. The summed E-state index contributed by atoms with van der Waals surface area (Å²) in [6.45, 7) is 8.96. The van der Waals surface area contributed by atoms with Crippen LogP contribution in [0.5, 0.6) is 0 Å². The van der Waals surface area contributed by atoms with Crippen LogP contribution in [0.1, 0.15) is 46.0 Å². The molecule has 2 heteroatoms. The molecule has 1 saturated heterocycles. The minimum Gasteiger partial charge on any atom is -0.379 e. The molecule has 94 valence electrons. The summed E-state index contributed by atoms with van der Waals surface area (Å²) in [6.07, 6.45) is 7.20. The zero-order valence-corrected chi connectivity index (χ0v) is 11.0. The third-order valence-electron chi connectivity index (χ3n) is 4.16. The van der Waals surface area contributed by atoms with Gasteiger partial charge in [-0.05, 0) is 31.1 Å². The molecule has 1 saturated carbocycles. The summed E-state index contributed by atoms with van der Waals surface area (Å²) in [5.41, 5.74) is 0. The molecular formula is C14H27NO. The van der Waals surface area contributed by atoms with Gasteiger partial charge in [0.1, 0.15) is 0 Å². The normalized spacial score (nSPS) is 33.2. The summed E-state index contributed by atoms with van der Waals surface area (Å²) in [5.74, 6) is 1.80. The van der Waals surface area contributed by atoms with Gasteiger partial charge in [-0.2, -0.15) is 0 Å². The van der Waals surface area contributed by atoms with Crippen LogP contribution in [0.3, 0.4) is 0 Å². The molecule has 1 aliphatic carbocycles. The van der Waals surface area contributed by atoms with E-state index in [9.17, 15) is 0 Å². The van der Waals surface area contributed by atoms with Crippen molar-refractivity contribution in [3.05, 3.63) is 0 Å². The molecule has 0 radical (unpaired) electrons. The molecule has 0 aromatic carbocycles. The molecule has 1 aliphatic heterocycles. The second-order valence-corrected chi connectivity index (χ2v) is 5.89. The molecule has 0 bridgehead atoms. The number of hydrogen-bond donors (Lipinski definition) is 0. The summed E-state index contributed by atoms with van der Waals surface area (Å²) in [6, 6.07) is 0.861. The van der Waals surface area contributed by atoms with E-state index in [1.54, 1.807) is 0 Å². The van der Waals surface area contributed by atoms with E-state index in [4.69, 9.17) is 4.74 Å². The molecule has 2 atom stereocenters. The van der Waals surface area contributed by atoms with Crippen molar-refractivity contribution >= 4 is 0 Å². The summed E-state index contributed by atoms with van der Waals surface area (Å²) < 4.78 is 5.47. The van der Waals surface area contributed by atoms with E-state index in [1.807, 2.05) is 0 Å². The highest BCUT2D eigenvalue weighted by molar-refractivity contribution is 4.84. The summed E-state index contributed by atoms with van der Waals surface area (Å²) >= 11 is 0. The number of rotatable bonds is 3. The molecule has 1 heterocycles. The van der Waals surface area contributed by atoms with Gasteiger partial charge in [-0.15, -0.1) is 0 Å². The van der Waals surface area contributed by atoms with E-state index >= 15 is 0 Å². The van der Waals surface area contributed by atoms with Gasteiger partial charge in [-0.25, -0.2) is 0 Å². The fraction of sp³-hybridized carbons (Fsp3) is 1.00. The molecule has 2 unspecified atom stereocenters. The van der Waals surface area contributed by atoms with Crippen molar-refractivity contribution in [3.8, 4) is 0 Å². The van der Waals surface area contributed by atoms with Crippen molar-refractivity contribution in [2.45, 2.75) is 52.0 Å². The topological polar surface area (TPSA) is 12.5 Å². The van der Waals surface area contributed by atoms with Gasteiger partial charge < -0.3 is 4.74 Å². The minimum absolute atomic E-state index is 0.853. The van der Waals surface area contributed by atoms with Gasteiger partial charge >= 0.3 is 0 Å². The molecule has 2 rings (SSSR count). The molecule has 0 N–H and O–H groups in total. The standard InChI is InChI=1S/C14H27NO/c1-12(2)11-13-5-3-4-6-14(13)15-7-9-16-10-8-15/h12-14H,3-11H2,1-2H3. The van der Waals surface area contributed by atoms with Gasteiger partial charge in [0.05, 0.1) is 13.2 Å². The third-order valence-corrected chi connectivity index (χ3v) is 4.16. The van der Waals surface area contributed by atoms with Crippen LogP contribution in [0, 0.1) is 11.8 Å². The van der Waals surface area contributed by atoms with Crippen molar-refractivity contribution in [3.63, 3.8) is 0 Å². The summed E-state index contributed by atoms with van der Waals surface area (Å²) in [7, 11) is 0. The predicted octanol–water partition coefficient (Wildman–Crippen LogP) is 2.92. The maximum Gasteiger partial charge on any atom is 0.0594 e. The highest BCUT2D eigenvalue weighted by atomic mass is 16.5. The van der Waals surface area contributed by atoms with Gasteiger partial charge in [0.25, 0.3) is 0 Å². The van der Waals surface area contributed by atoms with Gasteiger partial charge in [0.2, 0.25) is 0 Å². The first-order valence-electron chi connectivity index (χ1n) is 7.09. The summed E-state index contributed by atoms with van der Waals surface area (Å²) in [4.78, 5) is 2.70. The van der Waals surface area contributed by atoms with Gasteiger partial charge in [-0.1, -0.05) is 26.7 Å². The Balaban J connectivity index is 1.92. The monoisotopic (exact) mass is 225 g/mol. The van der Waals surface area contributed by atoms with Gasteiger partial charge in [0.15, 0.2) is 0 Å². The third kappa shape index (κ3) is 3.21. The van der Waals surface area contributed by atoms with E-state index in [0.29, 0.717) is 0 Å². The Bertz CT molecular complexity index is 199. The first kappa shape index (κ1) is 12.4. The lowest BCUT2D eigenvalue weighted by Crippen LogP contribution is -2.48. The molecule has 0 amide bonds.